The highest BCUT2D eigenvalue weighted by Gasteiger charge is 2.10. The molecule has 0 saturated carbocycles. The summed E-state index contributed by atoms with van der Waals surface area (Å²) < 4.78 is 0. The standard InChI is InChI=1S/C15H14N2O3/c1-10(17-20)11-6-8-12(9-7-11)16-15(19)13-4-2-3-5-14(13)18/h2-9,18,20H,1H3,(H,16,19)/b17-10+. The molecule has 0 unspecified atom stereocenters. The van der Waals surface area contributed by atoms with Gasteiger partial charge in [0.15, 0.2) is 0 Å². The van der Waals surface area contributed by atoms with Crippen LogP contribution in [0.15, 0.2) is 53.7 Å². The minimum Gasteiger partial charge on any atom is -0.507 e. The van der Waals surface area contributed by atoms with Crippen molar-refractivity contribution in [1.29, 1.82) is 0 Å². The number of oxime groups is 1. The van der Waals surface area contributed by atoms with Gasteiger partial charge in [-0.3, -0.25) is 4.79 Å². The predicted molar refractivity (Wildman–Crippen MR) is 76.5 cm³/mol. The third kappa shape index (κ3) is 2.95. The summed E-state index contributed by atoms with van der Waals surface area (Å²) in [6.07, 6.45) is 0. The van der Waals surface area contributed by atoms with E-state index in [4.69, 9.17) is 5.21 Å². The number of nitrogens with one attached hydrogen (secondary N) is 1. The van der Waals surface area contributed by atoms with E-state index in [2.05, 4.69) is 10.5 Å². The van der Waals surface area contributed by atoms with E-state index in [0.29, 0.717) is 11.4 Å². The molecule has 0 saturated heterocycles. The summed E-state index contributed by atoms with van der Waals surface area (Å²) >= 11 is 0. The third-order valence-electron chi connectivity index (χ3n) is 2.86. The van der Waals surface area contributed by atoms with Gasteiger partial charge in [0.2, 0.25) is 0 Å². The average molecular weight is 270 g/mol. The Kier molecular flexibility index (Phi) is 4.00. The van der Waals surface area contributed by atoms with Crippen molar-refractivity contribution in [3.05, 3.63) is 59.7 Å². The van der Waals surface area contributed by atoms with Gasteiger partial charge in [-0.1, -0.05) is 29.4 Å². The zero-order chi connectivity index (χ0) is 14.5. The molecule has 0 fully saturated rings. The molecule has 2 aromatic rings. The number of benzene rings is 2. The van der Waals surface area contributed by atoms with Gasteiger partial charge in [-0.2, -0.15) is 0 Å². The van der Waals surface area contributed by atoms with Crippen LogP contribution < -0.4 is 5.32 Å². The fourth-order valence-corrected chi connectivity index (χ4v) is 1.72. The van der Waals surface area contributed by atoms with Gasteiger partial charge in [-0.05, 0) is 36.8 Å². The van der Waals surface area contributed by atoms with E-state index < -0.39 is 0 Å². The van der Waals surface area contributed by atoms with Crippen molar-refractivity contribution in [3.63, 3.8) is 0 Å². The topological polar surface area (TPSA) is 81.9 Å². The van der Waals surface area contributed by atoms with Gasteiger partial charge in [-0.25, -0.2) is 0 Å². The summed E-state index contributed by atoms with van der Waals surface area (Å²) in [5.74, 6) is -0.451. The van der Waals surface area contributed by atoms with Gasteiger partial charge in [0.25, 0.3) is 5.91 Å². The van der Waals surface area contributed by atoms with Crippen molar-refractivity contribution < 1.29 is 15.1 Å². The molecular formula is C15H14N2O3. The maximum Gasteiger partial charge on any atom is 0.259 e. The first-order valence-corrected chi connectivity index (χ1v) is 6.00. The van der Waals surface area contributed by atoms with Crippen molar-refractivity contribution in [2.75, 3.05) is 5.32 Å². The quantitative estimate of drug-likeness (QED) is 0.455. The smallest absolute Gasteiger partial charge is 0.259 e. The third-order valence-corrected chi connectivity index (χ3v) is 2.86. The molecule has 20 heavy (non-hydrogen) atoms. The van der Waals surface area contributed by atoms with Crippen LogP contribution in [0.2, 0.25) is 0 Å². The van der Waals surface area contributed by atoms with E-state index in [9.17, 15) is 9.90 Å². The van der Waals surface area contributed by atoms with Crippen molar-refractivity contribution in [2.45, 2.75) is 6.92 Å². The van der Waals surface area contributed by atoms with Crippen LogP contribution in [-0.4, -0.2) is 21.9 Å². The number of phenolic OH excluding ortho intramolecular Hbond substituents is 1. The second-order valence-electron chi connectivity index (χ2n) is 4.23. The number of para-hydroxylation sites is 1. The minimum absolute atomic E-state index is 0.0649. The molecule has 0 spiro atoms. The van der Waals surface area contributed by atoms with Gasteiger partial charge in [0.05, 0.1) is 11.3 Å². The highest BCUT2D eigenvalue weighted by molar-refractivity contribution is 6.06. The fraction of sp³-hybridized carbons (Fsp3) is 0.0667. The first-order valence-electron chi connectivity index (χ1n) is 6.00. The highest BCUT2D eigenvalue weighted by Crippen LogP contribution is 2.18. The molecule has 2 aromatic carbocycles. The van der Waals surface area contributed by atoms with E-state index in [1.54, 1.807) is 49.4 Å². The van der Waals surface area contributed by atoms with Gasteiger partial charge >= 0.3 is 0 Å². The van der Waals surface area contributed by atoms with Crippen LogP contribution in [0.5, 0.6) is 5.75 Å². The number of hydrogen-bond donors (Lipinski definition) is 3. The number of carbonyl (C=O) groups is 1. The lowest BCUT2D eigenvalue weighted by atomic mass is 10.1. The Hall–Kier alpha value is -2.82. The van der Waals surface area contributed by atoms with Crippen LogP contribution >= 0.6 is 0 Å². The van der Waals surface area contributed by atoms with Crippen LogP contribution in [0, 0.1) is 0 Å². The molecule has 0 aromatic heterocycles. The largest absolute Gasteiger partial charge is 0.507 e. The first kappa shape index (κ1) is 13.6. The summed E-state index contributed by atoms with van der Waals surface area (Å²) in [6.45, 7) is 1.68. The van der Waals surface area contributed by atoms with Gasteiger partial charge in [-0.15, -0.1) is 0 Å². The monoisotopic (exact) mass is 270 g/mol. The van der Waals surface area contributed by atoms with E-state index >= 15 is 0 Å². The normalized spacial score (nSPS) is 11.2. The predicted octanol–water partition coefficient (Wildman–Crippen LogP) is 2.84. The molecule has 0 bridgehead atoms. The van der Waals surface area contributed by atoms with E-state index in [0.717, 1.165) is 5.56 Å². The van der Waals surface area contributed by atoms with E-state index in [1.807, 2.05) is 0 Å². The molecule has 0 heterocycles. The maximum absolute atomic E-state index is 12.0. The molecule has 0 atom stereocenters. The number of aromatic hydroxyl groups is 1. The minimum atomic E-state index is -0.386. The van der Waals surface area contributed by atoms with Crippen LogP contribution in [0.25, 0.3) is 0 Å². The Morgan fingerprint density at radius 1 is 1.10 bits per heavy atom. The molecule has 2 rings (SSSR count). The second kappa shape index (κ2) is 5.88. The summed E-state index contributed by atoms with van der Waals surface area (Å²) in [4.78, 5) is 12.0. The number of anilines is 1. The van der Waals surface area contributed by atoms with E-state index in [1.165, 1.54) is 6.07 Å². The second-order valence-corrected chi connectivity index (χ2v) is 4.23. The van der Waals surface area contributed by atoms with Crippen molar-refractivity contribution in [1.82, 2.24) is 0 Å². The number of rotatable bonds is 3. The highest BCUT2D eigenvalue weighted by atomic mass is 16.4. The van der Waals surface area contributed by atoms with Gasteiger partial charge < -0.3 is 15.6 Å². The van der Waals surface area contributed by atoms with Crippen LogP contribution in [-0.2, 0) is 0 Å². The SMILES string of the molecule is C/C(=N\O)c1ccc(NC(=O)c2ccccc2O)cc1. The molecule has 1 amide bonds. The van der Waals surface area contributed by atoms with Crippen LogP contribution in [0.4, 0.5) is 5.69 Å². The van der Waals surface area contributed by atoms with Crippen molar-refractivity contribution in [3.8, 4) is 5.75 Å². The summed E-state index contributed by atoms with van der Waals surface area (Å²) in [7, 11) is 0. The molecule has 102 valence electrons. The molecule has 5 heteroatoms. The lowest BCUT2D eigenvalue weighted by Gasteiger charge is -2.07. The first-order chi connectivity index (χ1) is 9.61. The molecule has 0 aliphatic rings. The fourth-order valence-electron chi connectivity index (χ4n) is 1.72. The Bertz CT molecular complexity index is 648. The number of hydrogen-bond acceptors (Lipinski definition) is 4. The summed E-state index contributed by atoms with van der Waals surface area (Å²) in [5.41, 5.74) is 2.05. The summed E-state index contributed by atoms with van der Waals surface area (Å²) in [6, 6.07) is 13.2. The van der Waals surface area contributed by atoms with Crippen molar-refractivity contribution in [2.24, 2.45) is 5.16 Å². The molecule has 0 aliphatic carbocycles. The molecule has 0 radical (unpaired) electrons. The van der Waals surface area contributed by atoms with Crippen LogP contribution in [0.3, 0.4) is 0 Å². The Labute approximate surface area is 116 Å². The Balaban J connectivity index is 2.15. The maximum atomic E-state index is 12.0. The number of nitrogens with zero attached hydrogens (tertiary/aromatic N) is 1. The molecule has 5 nitrogen and oxygen atoms in total. The van der Waals surface area contributed by atoms with Gasteiger partial charge in [0.1, 0.15) is 5.75 Å². The number of carbonyl (C=O) groups excluding carboxylic acids is 1. The number of amides is 1. The average Bonchev–Trinajstić information content (AvgIpc) is 2.47. The molecular weight excluding hydrogens is 256 g/mol. The van der Waals surface area contributed by atoms with Crippen LogP contribution in [0.1, 0.15) is 22.8 Å². The van der Waals surface area contributed by atoms with Crippen molar-refractivity contribution >= 4 is 17.3 Å². The Morgan fingerprint density at radius 3 is 2.35 bits per heavy atom. The van der Waals surface area contributed by atoms with E-state index in [-0.39, 0.29) is 17.2 Å². The van der Waals surface area contributed by atoms with Gasteiger partial charge in [0, 0.05) is 5.69 Å². The Morgan fingerprint density at radius 2 is 1.75 bits per heavy atom. The lowest BCUT2D eigenvalue weighted by molar-refractivity contribution is 0.102. The zero-order valence-corrected chi connectivity index (χ0v) is 10.9. The molecule has 0 aliphatic heterocycles. The summed E-state index contributed by atoms with van der Waals surface area (Å²) in [5, 5.41) is 24.1. The number of phenols is 1. The lowest BCUT2D eigenvalue weighted by Crippen LogP contribution is -2.12. The molecule has 3 N–H and O–H groups in total. The zero-order valence-electron chi connectivity index (χ0n) is 10.9.